The van der Waals surface area contributed by atoms with Crippen LogP contribution in [-0.2, 0) is 13.1 Å². The number of rotatable bonds is 6. The van der Waals surface area contributed by atoms with E-state index in [-0.39, 0.29) is 0 Å². The summed E-state index contributed by atoms with van der Waals surface area (Å²) >= 11 is 3.62. The van der Waals surface area contributed by atoms with Gasteiger partial charge < -0.3 is 4.74 Å². The molecule has 0 aliphatic carbocycles. The summed E-state index contributed by atoms with van der Waals surface area (Å²) in [5, 5.41) is 0. The first-order chi connectivity index (χ1) is 9.72. The van der Waals surface area contributed by atoms with Crippen molar-refractivity contribution in [3.63, 3.8) is 0 Å². The Labute approximate surface area is 129 Å². The topological polar surface area (TPSA) is 12.5 Å². The molecule has 0 atom stereocenters. The minimum atomic E-state index is 0.902. The Morgan fingerprint density at radius 3 is 2.45 bits per heavy atom. The highest BCUT2D eigenvalue weighted by molar-refractivity contribution is 9.10. The molecule has 2 aromatic carbocycles. The zero-order chi connectivity index (χ0) is 14.4. The highest BCUT2D eigenvalue weighted by Gasteiger charge is 2.08. The van der Waals surface area contributed by atoms with Crippen LogP contribution in [0.2, 0.25) is 0 Å². The molecule has 0 aliphatic heterocycles. The quantitative estimate of drug-likeness (QED) is 0.772. The molecule has 0 saturated heterocycles. The second-order valence-corrected chi connectivity index (χ2v) is 5.60. The standard InChI is InChI=1S/C17H20BrNO/c1-3-19(12-14-7-5-4-6-8-14)13-15-11-16(20-2)9-10-17(15)18/h4-11H,3,12-13H2,1-2H3. The molecule has 0 amide bonds. The van der Waals surface area contributed by atoms with E-state index in [9.17, 15) is 0 Å². The van der Waals surface area contributed by atoms with Crippen molar-refractivity contribution >= 4 is 15.9 Å². The van der Waals surface area contributed by atoms with Gasteiger partial charge in [0.15, 0.2) is 0 Å². The van der Waals surface area contributed by atoms with Gasteiger partial charge in [-0.1, -0.05) is 53.2 Å². The third kappa shape index (κ3) is 4.09. The molecule has 2 rings (SSSR count). The van der Waals surface area contributed by atoms with Crippen LogP contribution in [0.25, 0.3) is 0 Å². The summed E-state index contributed by atoms with van der Waals surface area (Å²) in [6.45, 7) is 5.07. The van der Waals surface area contributed by atoms with Gasteiger partial charge in [0.05, 0.1) is 7.11 Å². The lowest BCUT2D eigenvalue weighted by Gasteiger charge is -2.21. The van der Waals surface area contributed by atoms with Crippen molar-refractivity contribution in [1.29, 1.82) is 0 Å². The molecular weight excluding hydrogens is 314 g/mol. The van der Waals surface area contributed by atoms with Gasteiger partial charge in [-0.05, 0) is 35.9 Å². The lowest BCUT2D eigenvalue weighted by atomic mass is 10.1. The Hall–Kier alpha value is -1.32. The fourth-order valence-corrected chi connectivity index (χ4v) is 2.53. The molecule has 0 bridgehead atoms. The molecule has 20 heavy (non-hydrogen) atoms. The zero-order valence-electron chi connectivity index (χ0n) is 12.0. The smallest absolute Gasteiger partial charge is 0.119 e. The van der Waals surface area contributed by atoms with E-state index in [1.54, 1.807) is 7.11 Å². The molecule has 0 aliphatic rings. The van der Waals surface area contributed by atoms with E-state index < -0.39 is 0 Å². The Balaban J connectivity index is 2.10. The van der Waals surface area contributed by atoms with E-state index in [0.717, 1.165) is 29.9 Å². The van der Waals surface area contributed by atoms with Gasteiger partial charge in [-0.25, -0.2) is 0 Å². The average molecular weight is 334 g/mol. The zero-order valence-corrected chi connectivity index (χ0v) is 13.6. The predicted molar refractivity (Wildman–Crippen MR) is 86.9 cm³/mol. The van der Waals surface area contributed by atoms with Crippen molar-refractivity contribution < 1.29 is 4.74 Å². The van der Waals surface area contributed by atoms with Gasteiger partial charge in [0.25, 0.3) is 0 Å². The summed E-state index contributed by atoms with van der Waals surface area (Å²) in [5.41, 5.74) is 2.59. The van der Waals surface area contributed by atoms with Crippen LogP contribution in [0.5, 0.6) is 5.75 Å². The summed E-state index contributed by atoms with van der Waals surface area (Å²) in [5.74, 6) is 0.902. The molecule has 0 unspecified atom stereocenters. The Morgan fingerprint density at radius 2 is 1.80 bits per heavy atom. The van der Waals surface area contributed by atoms with Crippen LogP contribution in [0.3, 0.4) is 0 Å². The van der Waals surface area contributed by atoms with Gasteiger partial charge in [0.2, 0.25) is 0 Å². The van der Waals surface area contributed by atoms with Gasteiger partial charge in [-0.2, -0.15) is 0 Å². The lowest BCUT2D eigenvalue weighted by molar-refractivity contribution is 0.270. The molecule has 0 saturated carbocycles. The largest absolute Gasteiger partial charge is 0.497 e. The van der Waals surface area contributed by atoms with Crippen molar-refractivity contribution in [1.82, 2.24) is 4.90 Å². The van der Waals surface area contributed by atoms with Crippen LogP contribution in [0.4, 0.5) is 0 Å². The van der Waals surface area contributed by atoms with Crippen molar-refractivity contribution in [2.75, 3.05) is 13.7 Å². The van der Waals surface area contributed by atoms with Crippen LogP contribution >= 0.6 is 15.9 Å². The van der Waals surface area contributed by atoms with E-state index in [2.05, 4.69) is 64.2 Å². The number of hydrogen-bond acceptors (Lipinski definition) is 2. The molecular formula is C17H20BrNO. The average Bonchev–Trinajstić information content (AvgIpc) is 2.49. The fourth-order valence-electron chi connectivity index (χ4n) is 2.16. The molecule has 0 spiro atoms. The first-order valence-corrected chi connectivity index (χ1v) is 7.61. The number of benzene rings is 2. The second-order valence-electron chi connectivity index (χ2n) is 4.75. The van der Waals surface area contributed by atoms with E-state index in [0.29, 0.717) is 0 Å². The predicted octanol–water partition coefficient (Wildman–Crippen LogP) is 4.48. The molecule has 0 fully saturated rings. The SMILES string of the molecule is CCN(Cc1ccccc1)Cc1cc(OC)ccc1Br. The first-order valence-electron chi connectivity index (χ1n) is 6.81. The summed E-state index contributed by atoms with van der Waals surface area (Å²) in [6, 6.07) is 16.7. The van der Waals surface area contributed by atoms with Crippen LogP contribution in [-0.4, -0.2) is 18.6 Å². The molecule has 0 N–H and O–H groups in total. The minimum absolute atomic E-state index is 0.902. The number of halogens is 1. The molecule has 2 nitrogen and oxygen atoms in total. The molecule has 0 radical (unpaired) electrons. The highest BCUT2D eigenvalue weighted by Crippen LogP contribution is 2.24. The first kappa shape index (κ1) is 15.1. The summed E-state index contributed by atoms with van der Waals surface area (Å²) in [4.78, 5) is 2.41. The van der Waals surface area contributed by atoms with Crippen LogP contribution in [0, 0.1) is 0 Å². The molecule has 0 aromatic heterocycles. The second kappa shape index (κ2) is 7.46. The Morgan fingerprint density at radius 1 is 1.05 bits per heavy atom. The summed E-state index contributed by atoms with van der Waals surface area (Å²) in [6.07, 6.45) is 0. The van der Waals surface area contributed by atoms with Gasteiger partial charge in [0, 0.05) is 17.6 Å². The maximum atomic E-state index is 5.30. The monoisotopic (exact) mass is 333 g/mol. The number of ether oxygens (including phenoxy) is 1. The maximum absolute atomic E-state index is 5.30. The van der Waals surface area contributed by atoms with Gasteiger partial charge in [0.1, 0.15) is 5.75 Å². The van der Waals surface area contributed by atoms with Gasteiger partial charge in [-0.15, -0.1) is 0 Å². The van der Waals surface area contributed by atoms with Crippen molar-refractivity contribution in [2.24, 2.45) is 0 Å². The molecule has 2 aromatic rings. The number of methoxy groups -OCH3 is 1. The highest BCUT2D eigenvalue weighted by atomic mass is 79.9. The van der Waals surface area contributed by atoms with E-state index >= 15 is 0 Å². The normalized spacial score (nSPS) is 10.8. The summed E-state index contributed by atoms with van der Waals surface area (Å²) < 4.78 is 6.43. The number of nitrogens with zero attached hydrogens (tertiary/aromatic N) is 1. The number of hydrogen-bond donors (Lipinski definition) is 0. The Kier molecular flexibility index (Phi) is 5.62. The fraction of sp³-hybridized carbons (Fsp3) is 0.294. The molecule has 0 heterocycles. The third-order valence-corrected chi connectivity index (χ3v) is 4.12. The van der Waals surface area contributed by atoms with Gasteiger partial charge in [-0.3, -0.25) is 4.90 Å². The van der Waals surface area contributed by atoms with E-state index in [1.165, 1.54) is 11.1 Å². The summed E-state index contributed by atoms with van der Waals surface area (Å²) in [7, 11) is 1.70. The van der Waals surface area contributed by atoms with E-state index in [1.807, 2.05) is 12.1 Å². The van der Waals surface area contributed by atoms with Crippen molar-refractivity contribution in [2.45, 2.75) is 20.0 Å². The van der Waals surface area contributed by atoms with Crippen LogP contribution < -0.4 is 4.74 Å². The Bertz CT molecular complexity index is 542. The van der Waals surface area contributed by atoms with Crippen molar-refractivity contribution in [3.05, 3.63) is 64.1 Å². The van der Waals surface area contributed by atoms with Crippen molar-refractivity contribution in [3.8, 4) is 5.75 Å². The van der Waals surface area contributed by atoms with Gasteiger partial charge >= 0.3 is 0 Å². The molecule has 106 valence electrons. The molecule has 3 heteroatoms. The maximum Gasteiger partial charge on any atom is 0.119 e. The van der Waals surface area contributed by atoms with Crippen LogP contribution in [0.15, 0.2) is 53.0 Å². The third-order valence-electron chi connectivity index (χ3n) is 3.34. The lowest BCUT2D eigenvalue weighted by Crippen LogP contribution is -2.22. The van der Waals surface area contributed by atoms with E-state index in [4.69, 9.17) is 4.74 Å². The minimum Gasteiger partial charge on any atom is -0.497 e. The van der Waals surface area contributed by atoms with Crippen LogP contribution in [0.1, 0.15) is 18.1 Å².